The molecule has 100 valence electrons. The predicted molar refractivity (Wildman–Crippen MR) is 72.4 cm³/mol. The Hall–Kier alpha value is -0.900. The molecule has 3 heteroatoms. The summed E-state index contributed by atoms with van der Waals surface area (Å²) in [6, 6.07) is 8.63. The third-order valence-electron chi connectivity index (χ3n) is 3.25. The van der Waals surface area contributed by atoms with E-state index >= 15 is 0 Å². The largest absolute Gasteiger partial charge is 0.381 e. The minimum absolute atomic E-state index is 0.595. The number of hydrogen-bond acceptors (Lipinski definition) is 3. The molecule has 0 aromatic heterocycles. The summed E-state index contributed by atoms with van der Waals surface area (Å²) < 4.78 is 11.1. The van der Waals surface area contributed by atoms with Gasteiger partial charge in [-0.3, -0.25) is 0 Å². The van der Waals surface area contributed by atoms with Crippen molar-refractivity contribution in [1.82, 2.24) is 5.32 Å². The minimum atomic E-state index is 0.595. The van der Waals surface area contributed by atoms with Gasteiger partial charge in [0.05, 0.1) is 19.8 Å². The van der Waals surface area contributed by atoms with E-state index < -0.39 is 0 Å². The van der Waals surface area contributed by atoms with Crippen molar-refractivity contribution in [2.45, 2.75) is 26.5 Å². The summed E-state index contributed by atoms with van der Waals surface area (Å²) in [6.07, 6.45) is 1.14. The highest BCUT2D eigenvalue weighted by molar-refractivity contribution is 5.21. The van der Waals surface area contributed by atoms with Gasteiger partial charge in [0.2, 0.25) is 0 Å². The van der Waals surface area contributed by atoms with Crippen LogP contribution in [0, 0.1) is 5.92 Å². The zero-order valence-electron chi connectivity index (χ0n) is 11.2. The summed E-state index contributed by atoms with van der Waals surface area (Å²) in [5, 5.41) is 3.32. The maximum Gasteiger partial charge on any atom is 0.0717 e. The van der Waals surface area contributed by atoms with Gasteiger partial charge in [-0.2, -0.15) is 0 Å². The van der Waals surface area contributed by atoms with E-state index in [2.05, 4.69) is 36.5 Å². The van der Waals surface area contributed by atoms with Crippen molar-refractivity contribution in [3.05, 3.63) is 35.4 Å². The predicted octanol–water partition coefficient (Wildman–Crippen LogP) is 2.35. The van der Waals surface area contributed by atoms with Gasteiger partial charge in [-0.15, -0.1) is 0 Å². The number of nitrogens with one attached hydrogen (secondary N) is 1. The molecular formula is C15H23NO2. The Balaban J connectivity index is 1.68. The van der Waals surface area contributed by atoms with E-state index in [1.165, 1.54) is 11.1 Å². The number of rotatable bonds is 7. The fourth-order valence-corrected chi connectivity index (χ4v) is 2.08. The van der Waals surface area contributed by atoms with Crippen molar-refractivity contribution in [1.29, 1.82) is 0 Å². The summed E-state index contributed by atoms with van der Waals surface area (Å²) in [6.45, 7) is 7.35. The lowest BCUT2D eigenvalue weighted by Crippen LogP contribution is -2.11. The van der Waals surface area contributed by atoms with Gasteiger partial charge in [-0.1, -0.05) is 31.2 Å². The molecule has 1 aromatic rings. The van der Waals surface area contributed by atoms with E-state index in [1.54, 1.807) is 0 Å². The van der Waals surface area contributed by atoms with Crippen LogP contribution in [0.1, 0.15) is 24.5 Å². The second kappa shape index (κ2) is 7.52. The maximum atomic E-state index is 5.73. The van der Waals surface area contributed by atoms with Crippen LogP contribution < -0.4 is 5.32 Å². The summed E-state index contributed by atoms with van der Waals surface area (Å²) in [5.41, 5.74) is 2.57. The highest BCUT2D eigenvalue weighted by Gasteiger charge is 2.15. The Labute approximate surface area is 109 Å². The summed E-state index contributed by atoms with van der Waals surface area (Å²) in [4.78, 5) is 0. The van der Waals surface area contributed by atoms with Gasteiger partial charge in [-0.05, 0) is 24.1 Å². The molecule has 1 aromatic carbocycles. The molecule has 1 unspecified atom stereocenters. The molecule has 0 saturated carbocycles. The van der Waals surface area contributed by atoms with E-state index in [-0.39, 0.29) is 0 Å². The molecule has 1 atom stereocenters. The monoisotopic (exact) mass is 249 g/mol. The Kier molecular flexibility index (Phi) is 5.65. The third kappa shape index (κ3) is 4.41. The highest BCUT2D eigenvalue weighted by Crippen LogP contribution is 2.13. The SMILES string of the molecule is CCNCc1ccc(COCC2CCOC2)cc1. The van der Waals surface area contributed by atoms with E-state index in [0.717, 1.165) is 39.3 Å². The van der Waals surface area contributed by atoms with Crippen LogP contribution in [0.15, 0.2) is 24.3 Å². The molecule has 1 N–H and O–H groups in total. The van der Waals surface area contributed by atoms with Gasteiger partial charge < -0.3 is 14.8 Å². The molecule has 0 amide bonds. The summed E-state index contributed by atoms with van der Waals surface area (Å²) in [5.74, 6) is 0.595. The first-order valence-electron chi connectivity index (χ1n) is 6.82. The van der Waals surface area contributed by atoms with Crippen LogP contribution >= 0.6 is 0 Å². The molecule has 1 heterocycles. The zero-order chi connectivity index (χ0) is 12.6. The lowest BCUT2D eigenvalue weighted by atomic mass is 10.1. The standard InChI is InChI=1S/C15H23NO2/c1-2-16-9-13-3-5-14(6-4-13)10-18-12-15-7-8-17-11-15/h3-6,15-16H,2,7-12H2,1H3. The van der Waals surface area contributed by atoms with Crippen LogP contribution in [0.25, 0.3) is 0 Å². The fraction of sp³-hybridized carbons (Fsp3) is 0.600. The fourth-order valence-electron chi connectivity index (χ4n) is 2.08. The molecule has 3 nitrogen and oxygen atoms in total. The second-order valence-corrected chi connectivity index (χ2v) is 4.84. The Morgan fingerprint density at radius 3 is 2.72 bits per heavy atom. The molecular weight excluding hydrogens is 226 g/mol. The van der Waals surface area contributed by atoms with Gasteiger partial charge >= 0.3 is 0 Å². The van der Waals surface area contributed by atoms with Crippen molar-refractivity contribution < 1.29 is 9.47 Å². The number of hydrogen-bond donors (Lipinski definition) is 1. The van der Waals surface area contributed by atoms with E-state index in [9.17, 15) is 0 Å². The van der Waals surface area contributed by atoms with E-state index in [4.69, 9.17) is 9.47 Å². The Bertz CT molecular complexity index is 331. The molecule has 2 rings (SSSR count). The molecule has 0 radical (unpaired) electrons. The maximum absolute atomic E-state index is 5.73. The van der Waals surface area contributed by atoms with Gasteiger partial charge in [0.25, 0.3) is 0 Å². The van der Waals surface area contributed by atoms with Crippen LogP contribution in [0.2, 0.25) is 0 Å². The van der Waals surface area contributed by atoms with Crippen LogP contribution in [0.4, 0.5) is 0 Å². The van der Waals surface area contributed by atoms with Crippen molar-refractivity contribution in [3.8, 4) is 0 Å². The van der Waals surface area contributed by atoms with Crippen molar-refractivity contribution >= 4 is 0 Å². The molecule has 1 aliphatic rings. The van der Waals surface area contributed by atoms with Crippen LogP contribution in [0.3, 0.4) is 0 Å². The number of ether oxygens (including phenoxy) is 2. The molecule has 0 bridgehead atoms. The summed E-state index contributed by atoms with van der Waals surface area (Å²) >= 11 is 0. The Morgan fingerprint density at radius 1 is 1.28 bits per heavy atom. The minimum Gasteiger partial charge on any atom is -0.381 e. The zero-order valence-corrected chi connectivity index (χ0v) is 11.2. The van der Waals surface area contributed by atoms with Crippen molar-refractivity contribution in [2.75, 3.05) is 26.4 Å². The highest BCUT2D eigenvalue weighted by atomic mass is 16.5. The first-order chi connectivity index (χ1) is 8.88. The molecule has 1 fully saturated rings. The van der Waals surface area contributed by atoms with E-state index in [1.807, 2.05) is 0 Å². The average molecular weight is 249 g/mol. The lowest BCUT2D eigenvalue weighted by molar-refractivity contribution is 0.0791. The van der Waals surface area contributed by atoms with Crippen LogP contribution in [-0.2, 0) is 22.6 Å². The average Bonchev–Trinajstić information content (AvgIpc) is 2.91. The van der Waals surface area contributed by atoms with Gasteiger partial charge in [0.15, 0.2) is 0 Å². The molecule has 18 heavy (non-hydrogen) atoms. The second-order valence-electron chi connectivity index (χ2n) is 4.84. The first kappa shape index (κ1) is 13.5. The Morgan fingerprint density at radius 2 is 2.06 bits per heavy atom. The first-order valence-corrected chi connectivity index (χ1v) is 6.82. The van der Waals surface area contributed by atoms with Crippen molar-refractivity contribution in [3.63, 3.8) is 0 Å². The third-order valence-corrected chi connectivity index (χ3v) is 3.25. The molecule has 1 saturated heterocycles. The molecule has 1 aliphatic heterocycles. The van der Waals surface area contributed by atoms with Gasteiger partial charge in [0, 0.05) is 19.1 Å². The van der Waals surface area contributed by atoms with Gasteiger partial charge in [0.1, 0.15) is 0 Å². The summed E-state index contributed by atoms with van der Waals surface area (Å²) in [7, 11) is 0. The van der Waals surface area contributed by atoms with Crippen LogP contribution in [-0.4, -0.2) is 26.4 Å². The molecule has 0 spiro atoms. The molecule has 0 aliphatic carbocycles. The van der Waals surface area contributed by atoms with E-state index in [0.29, 0.717) is 12.5 Å². The quantitative estimate of drug-likeness (QED) is 0.804. The van der Waals surface area contributed by atoms with Crippen LogP contribution in [0.5, 0.6) is 0 Å². The van der Waals surface area contributed by atoms with Crippen molar-refractivity contribution in [2.24, 2.45) is 5.92 Å². The smallest absolute Gasteiger partial charge is 0.0717 e. The normalized spacial score (nSPS) is 19.3. The lowest BCUT2D eigenvalue weighted by Gasteiger charge is -2.09. The number of benzene rings is 1. The van der Waals surface area contributed by atoms with Gasteiger partial charge in [-0.25, -0.2) is 0 Å². The topological polar surface area (TPSA) is 30.5 Å².